The SMILES string of the molecule is CC(C)NC1CCCN(Cc2ccc(C#N)cc2)C1=O. The van der Waals surface area contributed by atoms with Gasteiger partial charge < -0.3 is 10.2 Å². The Hall–Kier alpha value is -1.86. The van der Waals surface area contributed by atoms with Crippen molar-refractivity contribution in [2.75, 3.05) is 6.54 Å². The van der Waals surface area contributed by atoms with E-state index in [1.54, 1.807) is 12.1 Å². The van der Waals surface area contributed by atoms with Crippen molar-refractivity contribution in [3.8, 4) is 6.07 Å². The van der Waals surface area contributed by atoms with Crippen LogP contribution in [-0.2, 0) is 11.3 Å². The Morgan fingerprint density at radius 3 is 2.70 bits per heavy atom. The second-order valence-corrected chi connectivity index (χ2v) is 5.58. The molecule has 1 aliphatic heterocycles. The molecule has 20 heavy (non-hydrogen) atoms. The number of nitriles is 1. The Labute approximate surface area is 120 Å². The molecule has 1 saturated heterocycles. The van der Waals surface area contributed by atoms with Crippen LogP contribution < -0.4 is 5.32 Å². The van der Waals surface area contributed by atoms with Gasteiger partial charge in [0.15, 0.2) is 0 Å². The molecule has 1 unspecified atom stereocenters. The highest BCUT2D eigenvalue weighted by molar-refractivity contribution is 5.82. The van der Waals surface area contributed by atoms with Crippen molar-refractivity contribution in [2.45, 2.75) is 45.3 Å². The van der Waals surface area contributed by atoms with E-state index in [-0.39, 0.29) is 11.9 Å². The Balaban J connectivity index is 2.00. The smallest absolute Gasteiger partial charge is 0.240 e. The zero-order valence-corrected chi connectivity index (χ0v) is 12.1. The van der Waals surface area contributed by atoms with Crippen LogP contribution in [0, 0.1) is 11.3 Å². The molecular weight excluding hydrogens is 250 g/mol. The Kier molecular flexibility index (Phi) is 4.75. The molecule has 1 aromatic carbocycles. The van der Waals surface area contributed by atoms with Crippen LogP contribution in [0.1, 0.15) is 37.8 Å². The van der Waals surface area contributed by atoms with Crippen LogP contribution in [-0.4, -0.2) is 29.4 Å². The van der Waals surface area contributed by atoms with Crippen molar-refractivity contribution >= 4 is 5.91 Å². The van der Waals surface area contributed by atoms with Crippen LogP contribution in [0.25, 0.3) is 0 Å². The van der Waals surface area contributed by atoms with Gasteiger partial charge in [-0.05, 0) is 30.5 Å². The summed E-state index contributed by atoms with van der Waals surface area (Å²) in [6, 6.07) is 9.81. The number of piperidine rings is 1. The van der Waals surface area contributed by atoms with Gasteiger partial charge in [0, 0.05) is 19.1 Å². The number of carbonyl (C=O) groups excluding carboxylic acids is 1. The molecule has 0 aliphatic carbocycles. The molecule has 1 heterocycles. The maximum absolute atomic E-state index is 12.4. The van der Waals surface area contributed by atoms with Crippen molar-refractivity contribution in [3.63, 3.8) is 0 Å². The average Bonchev–Trinajstić information content (AvgIpc) is 2.43. The Morgan fingerprint density at radius 2 is 2.10 bits per heavy atom. The lowest BCUT2D eigenvalue weighted by Crippen LogP contribution is -2.51. The van der Waals surface area contributed by atoms with E-state index in [0.717, 1.165) is 24.9 Å². The number of carbonyl (C=O) groups is 1. The second kappa shape index (κ2) is 6.53. The molecule has 4 heteroatoms. The van der Waals surface area contributed by atoms with E-state index in [0.29, 0.717) is 18.2 Å². The molecule has 1 atom stereocenters. The van der Waals surface area contributed by atoms with E-state index < -0.39 is 0 Å². The van der Waals surface area contributed by atoms with Crippen molar-refractivity contribution < 1.29 is 4.79 Å². The lowest BCUT2D eigenvalue weighted by molar-refractivity contribution is -0.136. The molecule has 0 spiro atoms. The van der Waals surface area contributed by atoms with Crippen molar-refractivity contribution in [2.24, 2.45) is 0 Å². The predicted octanol–water partition coefficient (Wildman–Crippen LogP) is 2.05. The first kappa shape index (κ1) is 14.5. The van der Waals surface area contributed by atoms with E-state index in [2.05, 4.69) is 25.2 Å². The summed E-state index contributed by atoms with van der Waals surface area (Å²) >= 11 is 0. The minimum atomic E-state index is -0.0536. The fraction of sp³-hybridized carbons (Fsp3) is 0.500. The maximum atomic E-state index is 12.4. The lowest BCUT2D eigenvalue weighted by atomic mass is 10.0. The molecule has 1 aromatic rings. The third-order valence-corrected chi connectivity index (χ3v) is 3.52. The van der Waals surface area contributed by atoms with Crippen molar-refractivity contribution in [1.82, 2.24) is 10.2 Å². The number of hydrogen-bond acceptors (Lipinski definition) is 3. The van der Waals surface area contributed by atoms with Gasteiger partial charge in [0.2, 0.25) is 5.91 Å². The number of nitrogens with one attached hydrogen (secondary N) is 1. The van der Waals surface area contributed by atoms with Gasteiger partial charge in [0.05, 0.1) is 17.7 Å². The number of nitrogens with zero attached hydrogens (tertiary/aromatic N) is 2. The summed E-state index contributed by atoms with van der Waals surface area (Å²) in [6.45, 7) is 5.57. The number of benzene rings is 1. The molecule has 0 radical (unpaired) electrons. The van der Waals surface area contributed by atoms with E-state index >= 15 is 0 Å². The van der Waals surface area contributed by atoms with Crippen molar-refractivity contribution in [1.29, 1.82) is 5.26 Å². The van der Waals surface area contributed by atoms with Crippen LogP contribution in [0.5, 0.6) is 0 Å². The minimum absolute atomic E-state index is 0.0536. The molecule has 0 saturated carbocycles. The molecule has 0 aromatic heterocycles. The quantitative estimate of drug-likeness (QED) is 0.912. The highest BCUT2D eigenvalue weighted by atomic mass is 16.2. The van der Waals surface area contributed by atoms with Gasteiger partial charge in [-0.1, -0.05) is 26.0 Å². The van der Waals surface area contributed by atoms with E-state index in [1.807, 2.05) is 17.0 Å². The van der Waals surface area contributed by atoms with Gasteiger partial charge in [0.25, 0.3) is 0 Å². The summed E-state index contributed by atoms with van der Waals surface area (Å²) < 4.78 is 0. The van der Waals surface area contributed by atoms with E-state index in [9.17, 15) is 4.79 Å². The van der Waals surface area contributed by atoms with E-state index in [1.165, 1.54) is 0 Å². The van der Waals surface area contributed by atoms with Gasteiger partial charge >= 0.3 is 0 Å². The highest BCUT2D eigenvalue weighted by Crippen LogP contribution is 2.16. The fourth-order valence-corrected chi connectivity index (χ4v) is 2.56. The summed E-state index contributed by atoms with van der Waals surface area (Å²) in [4.78, 5) is 14.3. The monoisotopic (exact) mass is 271 g/mol. The number of amides is 1. The molecule has 1 fully saturated rings. The number of likely N-dealkylation sites (tertiary alicyclic amines) is 1. The molecule has 2 rings (SSSR count). The van der Waals surface area contributed by atoms with Crippen LogP contribution in [0.4, 0.5) is 0 Å². The van der Waals surface area contributed by atoms with Crippen LogP contribution in [0.3, 0.4) is 0 Å². The largest absolute Gasteiger partial charge is 0.337 e. The summed E-state index contributed by atoms with van der Waals surface area (Å²) in [5.41, 5.74) is 1.72. The van der Waals surface area contributed by atoms with E-state index in [4.69, 9.17) is 5.26 Å². The van der Waals surface area contributed by atoms with Gasteiger partial charge in [0.1, 0.15) is 0 Å². The standard InChI is InChI=1S/C16H21N3O/c1-12(2)18-15-4-3-9-19(16(15)20)11-14-7-5-13(10-17)6-8-14/h5-8,12,15,18H,3-4,9,11H2,1-2H3. The first-order valence-electron chi connectivity index (χ1n) is 7.14. The first-order chi connectivity index (χ1) is 9.60. The van der Waals surface area contributed by atoms with Gasteiger partial charge in [-0.25, -0.2) is 0 Å². The van der Waals surface area contributed by atoms with Crippen LogP contribution in [0.15, 0.2) is 24.3 Å². The zero-order chi connectivity index (χ0) is 14.5. The summed E-state index contributed by atoms with van der Waals surface area (Å²) in [6.07, 6.45) is 1.95. The summed E-state index contributed by atoms with van der Waals surface area (Å²) in [7, 11) is 0. The first-order valence-corrected chi connectivity index (χ1v) is 7.14. The van der Waals surface area contributed by atoms with Gasteiger partial charge in [-0.15, -0.1) is 0 Å². The minimum Gasteiger partial charge on any atom is -0.337 e. The molecule has 1 aliphatic rings. The van der Waals surface area contributed by atoms with Crippen LogP contribution >= 0.6 is 0 Å². The Morgan fingerprint density at radius 1 is 1.40 bits per heavy atom. The summed E-state index contributed by atoms with van der Waals surface area (Å²) in [5.74, 6) is 0.189. The lowest BCUT2D eigenvalue weighted by Gasteiger charge is -2.33. The molecule has 0 bridgehead atoms. The second-order valence-electron chi connectivity index (χ2n) is 5.58. The highest BCUT2D eigenvalue weighted by Gasteiger charge is 2.28. The topological polar surface area (TPSA) is 56.1 Å². The molecule has 1 amide bonds. The maximum Gasteiger partial charge on any atom is 0.240 e. The molecular formula is C16H21N3O. The van der Waals surface area contributed by atoms with Crippen molar-refractivity contribution in [3.05, 3.63) is 35.4 Å². The number of rotatable bonds is 4. The van der Waals surface area contributed by atoms with Crippen LogP contribution in [0.2, 0.25) is 0 Å². The number of hydrogen-bond donors (Lipinski definition) is 1. The Bertz CT molecular complexity index is 501. The molecule has 4 nitrogen and oxygen atoms in total. The van der Waals surface area contributed by atoms with Gasteiger partial charge in [-0.2, -0.15) is 5.26 Å². The third-order valence-electron chi connectivity index (χ3n) is 3.52. The fourth-order valence-electron chi connectivity index (χ4n) is 2.56. The molecule has 1 N–H and O–H groups in total. The van der Waals surface area contributed by atoms with Gasteiger partial charge in [-0.3, -0.25) is 4.79 Å². The molecule has 106 valence electrons. The normalized spacial score (nSPS) is 19.2. The third kappa shape index (κ3) is 3.58. The zero-order valence-electron chi connectivity index (χ0n) is 12.1. The predicted molar refractivity (Wildman–Crippen MR) is 77.9 cm³/mol. The summed E-state index contributed by atoms with van der Waals surface area (Å²) in [5, 5.41) is 12.1. The average molecular weight is 271 g/mol.